The highest BCUT2D eigenvalue weighted by Crippen LogP contribution is 2.24. The number of carboxylic acids is 1. The molecule has 3 nitrogen and oxygen atoms in total. The van der Waals surface area contributed by atoms with E-state index in [0.29, 0.717) is 5.57 Å². The van der Waals surface area contributed by atoms with E-state index in [9.17, 15) is 4.79 Å². The Morgan fingerprint density at radius 2 is 1.75 bits per heavy atom. The molecule has 0 aliphatic rings. The zero-order chi connectivity index (χ0) is 11.6. The van der Waals surface area contributed by atoms with E-state index in [4.69, 9.17) is 5.11 Å². The first-order chi connectivity index (χ1) is 6.95. The molecule has 0 saturated heterocycles. The van der Waals surface area contributed by atoms with E-state index in [2.05, 4.69) is 0 Å². The third-order valence-electron chi connectivity index (χ3n) is 2.59. The Labute approximate surface area is 96.4 Å². The molecular weight excluding hydrogens is 202 g/mol. The van der Waals surface area contributed by atoms with Crippen molar-refractivity contribution in [1.82, 2.24) is 6.15 Å². The van der Waals surface area contributed by atoms with Gasteiger partial charge in [-0.3, -0.25) is 0 Å². The maximum Gasteiger partial charge on any atom is 0.336 e. The molecule has 4 N–H and O–H groups in total. The molecule has 0 atom stereocenters. The molecule has 0 aliphatic heterocycles. The molecule has 0 saturated carbocycles. The molecule has 0 bridgehead atoms. The summed E-state index contributed by atoms with van der Waals surface area (Å²) in [4.78, 5) is 11.1. The number of hydrogen-bond donors (Lipinski definition) is 2. The maximum absolute atomic E-state index is 11.1. The van der Waals surface area contributed by atoms with Gasteiger partial charge in [-0.2, -0.15) is 0 Å². The number of carbonyl (C=O) groups is 1. The van der Waals surface area contributed by atoms with Crippen LogP contribution in [0.3, 0.4) is 0 Å². The summed E-state index contributed by atoms with van der Waals surface area (Å²) in [7, 11) is 0. The van der Waals surface area contributed by atoms with E-state index in [1.54, 1.807) is 0 Å². The predicted molar refractivity (Wildman–Crippen MR) is 66.8 cm³/mol. The second kappa shape index (κ2) is 5.47. The SMILES string of the molecule is CC(C)=C(C(=O)O)c1cccc(C)c1C.N. The number of benzene rings is 1. The summed E-state index contributed by atoms with van der Waals surface area (Å²) in [6.07, 6.45) is 0. The molecule has 0 aromatic heterocycles. The molecule has 1 aromatic rings. The fourth-order valence-corrected chi connectivity index (χ4v) is 1.62. The highest BCUT2D eigenvalue weighted by atomic mass is 16.4. The Kier molecular flexibility index (Phi) is 4.92. The number of aryl methyl sites for hydroxylation is 1. The van der Waals surface area contributed by atoms with Gasteiger partial charge in [0.05, 0.1) is 5.57 Å². The fourth-order valence-electron chi connectivity index (χ4n) is 1.62. The maximum atomic E-state index is 11.1. The number of hydrogen-bond acceptors (Lipinski definition) is 2. The van der Waals surface area contributed by atoms with Gasteiger partial charge >= 0.3 is 5.97 Å². The van der Waals surface area contributed by atoms with Crippen LogP contribution >= 0.6 is 0 Å². The monoisotopic (exact) mass is 221 g/mol. The van der Waals surface area contributed by atoms with Gasteiger partial charge in [0.15, 0.2) is 0 Å². The van der Waals surface area contributed by atoms with Gasteiger partial charge in [0, 0.05) is 0 Å². The van der Waals surface area contributed by atoms with Crippen molar-refractivity contribution in [2.45, 2.75) is 27.7 Å². The smallest absolute Gasteiger partial charge is 0.336 e. The van der Waals surface area contributed by atoms with Crippen LogP contribution in [0.1, 0.15) is 30.5 Å². The van der Waals surface area contributed by atoms with E-state index in [0.717, 1.165) is 22.3 Å². The highest BCUT2D eigenvalue weighted by molar-refractivity contribution is 6.16. The molecule has 88 valence electrons. The van der Waals surface area contributed by atoms with E-state index in [1.807, 2.05) is 45.9 Å². The fraction of sp³-hybridized carbons (Fsp3) is 0.308. The van der Waals surface area contributed by atoms with Crippen LogP contribution in [0.25, 0.3) is 5.57 Å². The summed E-state index contributed by atoms with van der Waals surface area (Å²) in [6.45, 7) is 7.59. The van der Waals surface area contributed by atoms with Gasteiger partial charge in [0.25, 0.3) is 0 Å². The van der Waals surface area contributed by atoms with E-state index < -0.39 is 5.97 Å². The molecule has 0 spiro atoms. The van der Waals surface area contributed by atoms with E-state index in [-0.39, 0.29) is 6.15 Å². The normalized spacial score (nSPS) is 9.25. The van der Waals surface area contributed by atoms with Crippen LogP contribution in [0, 0.1) is 13.8 Å². The summed E-state index contributed by atoms with van der Waals surface area (Å²) < 4.78 is 0. The Balaban J connectivity index is 0.00000225. The standard InChI is InChI=1S/C13H16O2.H3N/c1-8(2)12(13(14)15)11-7-5-6-9(3)10(11)4;/h5-7H,1-4H3,(H,14,15);1H3. The third-order valence-corrected chi connectivity index (χ3v) is 2.59. The summed E-state index contributed by atoms with van der Waals surface area (Å²) >= 11 is 0. The molecular formula is C13H19NO2. The van der Waals surface area contributed by atoms with Crippen molar-refractivity contribution in [3.63, 3.8) is 0 Å². The van der Waals surface area contributed by atoms with Gasteiger partial charge in [0.2, 0.25) is 0 Å². The third kappa shape index (κ3) is 2.70. The van der Waals surface area contributed by atoms with Crippen molar-refractivity contribution in [2.75, 3.05) is 0 Å². The van der Waals surface area contributed by atoms with Crippen molar-refractivity contribution in [2.24, 2.45) is 0 Å². The Morgan fingerprint density at radius 3 is 2.19 bits per heavy atom. The van der Waals surface area contributed by atoms with Crippen molar-refractivity contribution < 1.29 is 9.90 Å². The quantitative estimate of drug-likeness (QED) is 0.752. The lowest BCUT2D eigenvalue weighted by atomic mass is 9.94. The molecule has 0 amide bonds. The van der Waals surface area contributed by atoms with Crippen LogP contribution in [0.5, 0.6) is 0 Å². The lowest BCUT2D eigenvalue weighted by Crippen LogP contribution is -2.04. The molecule has 1 aromatic carbocycles. The van der Waals surface area contributed by atoms with Gasteiger partial charge < -0.3 is 11.3 Å². The molecule has 0 fully saturated rings. The van der Waals surface area contributed by atoms with Crippen LogP contribution in [0.15, 0.2) is 23.8 Å². The molecule has 16 heavy (non-hydrogen) atoms. The van der Waals surface area contributed by atoms with Crippen molar-refractivity contribution >= 4 is 11.5 Å². The van der Waals surface area contributed by atoms with Crippen LogP contribution in [0.4, 0.5) is 0 Å². The van der Waals surface area contributed by atoms with Crippen molar-refractivity contribution in [3.05, 3.63) is 40.5 Å². The number of rotatable bonds is 2. The summed E-state index contributed by atoms with van der Waals surface area (Å²) in [5.74, 6) is -0.858. The molecule has 0 heterocycles. The van der Waals surface area contributed by atoms with E-state index in [1.165, 1.54) is 0 Å². The minimum atomic E-state index is -0.858. The molecule has 0 aliphatic carbocycles. The second-order valence-electron chi connectivity index (χ2n) is 3.93. The first-order valence-electron chi connectivity index (χ1n) is 4.92. The van der Waals surface area contributed by atoms with Gasteiger partial charge in [0.1, 0.15) is 0 Å². The Bertz CT molecular complexity index is 430. The lowest BCUT2D eigenvalue weighted by Gasteiger charge is -2.10. The van der Waals surface area contributed by atoms with Gasteiger partial charge in [-0.25, -0.2) is 4.79 Å². The minimum Gasteiger partial charge on any atom is -0.478 e. The second-order valence-corrected chi connectivity index (χ2v) is 3.93. The van der Waals surface area contributed by atoms with Gasteiger partial charge in [-0.15, -0.1) is 0 Å². The summed E-state index contributed by atoms with van der Waals surface area (Å²) in [5, 5.41) is 9.15. The van der Waals surface area contributed by atoms with Crippen molar-refractivity contribution in [3.8, 4) is 0 Å². The lowest BCUT2D eigenvalue weighted by molar-refractivity contribution is -0.130. The average molecular weight is 221 g/mol. The van der Waals surface area contributed by atoms with Gasteiger partial charge in [-0.05, 0) is 44.4 Å². The molecule has 3 heteroatoms. The molecule has 0 unspecified atom stereocenters. The predicted octanol–water partition coefficient (Wildman–Crippen LogP) is 3.34. The number of allylic oxidation sites excluding steroid dienone is 1. The minimum absolute atomic E-state index is 0. The van der Waals surface area contributed by atoms with Crippen LogP contribution in [-0.4, -0.2) is 11.1 Å². The molecule has 1 rings (SSSR count). The topological polar surface area (TPSA) is 72.3 Å². The number of aliphatic carboxylic acids is 1. The van der Waals surface area contributed by atoms with Gasteiger partial charge in [-0.1, -0.05) is 23.8 Å². The average Bonchev–Trinajstić information content (AvgIpc) is 2.11. The molecule has 0 radical (unpaired) electrons. The summed E-state index contributed by atoms with van der Waals surface area (Å²) in [5.41, 5.74) is 4.22. The first-order valence-corrected chi connectivity index (χ1v) is 4.92. The Hall–Kier alpha value is -1.61. The van der Waals surface area contributed by atoms with Crippen LogP contribution < -0.4 is 6.15 Å². The summed E-state index contributed by atoms with van der Waals surface area (Å²) in [6, 6.07) is 5.74. The first kappa shape index (κ1) is 14.4. The van der Waals surface area contributed by atoms with E-state index >= 15 is 0 Å². The number of carboxylic acid groups (broad SMARTS) is 1. The highest BCUT2D eigenvalue weighted by Gasteiger charge is 2.14. The zero-order valence-electron chi connectivity index (χ0n) is 10.3. The van der Waals surface area contributed by atoms with Crippen LogP contribution in [-0.2, 0) is 4.79 Å². The zero-order valence-corrected chi connectivity index (χ0v) is 10.3. The Morgan fingerprint density at radius 1 is 1.19 bits per heavy atom. The van der Waals surface area contributed by atoms with Crippen molar-refractivity contribution in [1.29, 1.82) is 0 Å². The largest absolute Gasteiger partial charge is 0.478 e. The van der Waals surface area contributed by atoms with Crippen LogP contribution in [0.2, 0.25) is 0 Å².